The summed E-state index contributed by atoms with van der Waals surface area (Å²) in [4.78, 5) is 46.9. The van der Waals surface area contributed by atoms with Crippen molar-refractivity contribution in [2.24, 2.45) is 17.4 Å². The Kier molecular flexibility index (Phi) is 12.0. The van der Waals surface area contributed by atoms with E-state index in [9.17, 15) is 24.3 Å². The summed E-state index contributed by atoms with van der Waals surface area (Å²) in [6, 6.07) is -3.17. The lowest BCUT2D eigenvalue weighted by atomic mass is 9.98. The quantitative estimate of drug-likeness (QED) is 0.213. The molecule has 0 bridgehead atoms. The molecular formula is C17H32N4O6. The first-order valence-electron chi connectivity index (χ1n) is 9.14. The van der Waals surface area contributed by atoms with Gasteiger partial charge in [-0.15, -0.1) is 0 Å². The van der Waals surface area contributed by atoms with Crippen LogP contribution in [-0.2, 0) is 19.2 Å². The van der Waals surface area contributed by atoms with Gasteiger partial charge < -0.3 is 32.3 Å². The number of nitrogens with two attached hydrogens (primary N) is 2. The van der Waals surface area contributed by atoms with Crippen LogP contribution in [-0.4, -0.2) is 58.6 Å². The second kappa shape index (κ2) is 13.0. The van der Waals surface area contributed by atoms with Crippen LogP contribution in [0.4, 0.5) is 0 Å². The Balaban J connectivity index is 5.05. The number of unbranched alkanes of at least 4 members (excludes halogenated alkanes) is 1. The number of hydrogen-bond acceptors (Lipinski definition) is 6. The molecule has 0 aromatic heterocycles. The maximum atomic E-state index is 12.5. The van der Waals surface area contributed by atoms with E-state index >= 15 is 0 Å². The molecule has 0 aliphatic carbocycles. The van der Waals surface area contributed by atoms with Crippen LogP contribution < -0.4 is 22.1 Å². The van der Waals surface area contributed by atoms with Crippen LogP contribution in [0, 0.1) is 5.92 Å². The first kappa shape index (κ1) is 24.8. The largest absolute Gasteiger partial charge is 0.481 e. The Morgan fingerprint density at radius 3 is 2.11 bits per heavy atom. The molecule has 4 atom stereocenters. The maximum Gasteiger partial charge on any atom is 0.326 e. The fraction of sp³-hybridized carbons (Fsp3) is 0.765. The molecule has 0 saturated heterocycles. The lowest BCUT2D eigenvalue weighted by Crippen LogP contribution is -2.55. The van der Waals surface area contributed by atoms with E-state index in [1.54, 1.807) is 13.8 Å². The third kappa shape index (κ3) is 9.90. The highest BCUT2D eigenvalue weighted by molar-refractivity contribution is 5.92. The summed E-state index contributed by atoms with van der Waals surface area (Å²) in [5, 5.41) is 23.0. The van der Waals surface area contributed by atoms with Crippen LogP contribution in [0.5, 0.6) is 0 Å². The molecule has 10 nitrogen and oxygen atoms in total. The van der Waals surface area contributed by atoms with Crippen molar-refractivity contribution in [3.05, 3.63) is 0 Å². The molecule has 0 aliphatic rings. The van der Waals surface area contributed by atoms with Gasteiger partial charge in [0, 0.05) is 6.42 Å². The molecule has 0 spiro atoms. The monoisotopic (exact) mass is 388 g/mol. The fourth-order valence-electron chi connectivity index (χ4n) is 2.39. The molecule has 156 valence electrons. The Hall–Kier alpha value is -2.20. The molecule has 0 saturated carbocycles. The highest BCUT2D eigenvalue weighted by Crippen LogP contribution is 2.09. The van der Waals surface area contributed by atoms with Crippen LogP contribution >= 0.6 is 0 Å². The zero-order valence-electron chi connectivity index (χ0n) is 15.9. The SMILES string of the molecule is CC[C@H](C)[C@H](NC(=O)[C@H](CCC(=O)O)NC(=O)[C@@H](N)CCCCN)C(=O)O. The van der Waals surface area contributed by atoms with Gasteiger partial charge in [0.05, 0.1) is 6.04 Å². The minimum atomic E-state index is -1.19. The Morgan fingerprint density at radius 1 is 1.00 bits per heavy atom. The second-order valence-corrected chi connectivity index (χ2v) is 6.59. The third-order valence-corrected chi connectivity index (χ3v) is 4.36. The zero-order chi connectivity index (χ0) is 21.0. The fourth-order valence-corrected chi connectivity index (χ4v) is 2.39. The van der Waals surface area contributed by atoms with Crippen molar-refractivity contribution in [2.75, 3.05) is 6.54 Å². The first-order chi connectivity index (χ1) is 12.6. The van der Waals surface area contributed by atoms with Gasteiger partial charge in [0.15, 0.2) is 0 Å². The molecule has 0 fully saturated rings. The molecular weight excluding hydrogens is 356 g/mol. The van der Waals surface area contributed by atoms with E-state index in [0.29, 0.717) is 32.2 Å². The molecule has 27 heavy (non-hydrogen) atoms. The number of carbonyl (C=O) groups is 4. The van der Waals surface area contributed by atoms with Crippen LogP contribution in [0.1, 0.15) is 52.4 Å². The van der Waals surface area contributed by atoms with Crippen molar-refractivity contribution in [1.29, 1.82) is 0 Å². The van der Waals surface area contributed by atoms with Gasteiger partial charge in [-0.05, 0) is 31.7 Å². The number of rotatable bonds is 14. The highest BCUT2D eigenvalue weighted by Gasteiger charge is 2.30. The van der Waals surface area contributed by atoms with Gasteiger partial charge in [0.1, 0.15) is 12.1 Å². The number of carboxylic acids is 2. The molecule has 0 aromatic rings. The Bertz CT molecular complexity index is 514. The minimum Gasteiger partial charge on any atom is -0.481 e. The number of carbonyl (C=O) groups excluding carboxylic acids is 2. The van der Waals surface area contributed by atoms with Crippen LogP contribution in [0.25, 0.3) is 0 Å². The molecule has 0 aromatic carbocycles. The van der Waals surface area contributed by atoms with Gasteiger partial charge in [-0.3, -0.25) is 14.4 Å². The summed E-state index contributed by atoms with van der Waals surface area (Å²) in [5.74, 6) is -3.99. The van der Waals surface area contributed by atoms with Crippen LogP contribution in [0.15, 0.2) is 0 Å². The smallest absolute Gasteiger partial charge is 0.326 e. The lowest BCUT2D eigenvalue weighted by molar-refractivity contribution is -0.144. The molecule has 0 rings (SSSR count). The second-order valence-electron chi connectivity index (χ2n) is 6.59. The third-order valence-electron chi connectivity index (χ3n) is 4.36. The van der Waals surface area contributed by atoms with Crippen molar-refractivity contribution < 1.29 is 29.4 Å². The van der Waals surface area contributed by atoms with Gasteiger partial charge in [-0.25, -0.2) is 4.79 Å². The summed E-state index contributed by atoms with van der Waals surface area (Å²) in [5.41, 5.74) is 11.2. The van der Waals surface area contributed by atoms with Crippen molar-refractivity contribution >= 4 is 23.8 Å². The number of amides is 2. The lowest BCUT2D eigenvalue weighted by Gasteiger charge is -2.25. The average Bonchev–Trinajstić information content (AvgIpc) is 2.61. The zero-order valence-corrected chi connectivity index (χ0v) is 15.9. The average molecular weight is 388 g/mol. The normalized spacial score (nSPS) is 15.3. The molecule has 10 heteroatoms. The molecule has 8 N–H and O–H groups in total. The first-order valence-corrected chi connectivity index (χ1v) is 9.14. The van der Waals surface area contributed by atoms with Gasteiger partial charge >= 0.3 is 11.9 Å². The number of carboxylic acid groups (broad SMARTS) is 2. The van der Waals surface area contributed by atoms with E-state index < -0.39 is 41.9 Å². The summed E-state index contributed by atoms with van der Waals surface area (Å²) in [6.45, 7) is 3.94. The summed E-state index contributed by atoms with van der Waals surface area (Å²) < 4.78 is 0. The predicted molar refractivity (Wildman–Crippen MR) is 98.7 cm³/mol. The van der Waals surface area contributed by atoms with Gasteiger partial charge in [-0.2, -0.15) is 0 Å². The van der Waals surface area contributed by atoms with Gasteiger partial charge in [0.25, 0.3) is 0 Å². The van der Waals surface area contributed by atoms with Crippen LogP contribution in [0.2, 0.25) is 0 Å². The van der Waals surface area contributed by atoms with E-state index in [-0.39, 0.29) is 18.8 Å². The highest BCUT2D eigenvalue weighted by atomic mass is 16.4. The Labute approximate surface area is 159 Å². The van der Waals surface area contributed by atoms with Crippen molar-refractivity contribution in [2.45, 2.75) is 70.5 Å². The number of nitrogens with one attached hydrogen (secondary N) is 2. The number of aliphatic carboxylic acids is 2. The van der Waals surface area contributed by atoms with E-state index in [0.717, 1.165) is 0 Å². The van der Waals surface area contributed by atoms with Crippen LogP contribution in [0.3, 0.4) is 0 Å². The van der Waals surface area contributed by atoms with Crippen molar-refractivity contribution in [3.8, 4) is 0 Å². The standard InChI is InChI=1S/C17H32N4O6/c1-3-10(2)14(17(26)27)21-16(25)12(7-8-13(22)23)20-15(24)11(19)6-4-5-9-18/h10-12,14H,3-9,18-19H2,1-2H3,(H,20,24)(H,21,25)(H,22,23)(H,26,27)/t10-,11-,12-,14-/m0/s1. The summed E-state index contributed by atoms with van der Waals surface area (Å²) in [6.07, 6.45) is 1.72. The number of hydrogen-bond donors (Lipinski definition) is 6. The summed E-state index contributed by atoms with van der Waals surface area (Å²) in [7, 11) is 0. The van der Waals surface area contributed by atoms with Gasteiger partial charge in [0.2, 0.25) is 11.8 Å². The molecule has 0 unspecified atom stereocenters. The van der Waals surface area contributed by atoms with Gasteiger partial charge in [-0.1, -0.05) is 26.7 Å². The molecule has 0 aliphatic heterocycles. The van der Waals surface area contributed by atoms with E-state index in [4.69, 9.17) is 16.6 Å². The molecule has 2 amide bonds. The van der Waals surface area contributed by atoms with E-state index in [1.165, 1.54) is 0 Å². The van der Waals surface area contributed by atoms with Crippen molar-refractivity contribution in [1.82, 2.24) is 10.6 Å². The minimum absolute atomic E-state index is 0.171. The van der Waals surface area contributed by atoms with E-state index in [1.807, 2.05) is 0 Å². The topological polar surface area (TPSA) is 185 Å². The maximum absolute atomic E-state index is 12.5. The van der Waals surface area contributed by atoms with E-state index in [2.05, 4.69) is 10.6 Å². The molecule has 0 heterocycles. The van der Waals surface area contributed by atoms with Crippen molar-refractivity contribution in [3.63, 3.8) is 0 Å². The predicted octanol–water partition coefficient (Wildman–Crippen LogP) is -0.592. The summed E-state index contributed by atoms with van der Waals surface area (Å²) >= 11 is 0. The Morgan fingerprint density at radius 2 is 1.63 bits per heavy atom. The molecule has 0 radical (unpaired) electrons.